The first-order valence-corrected chi connectivity index (χ1v) is 10.0. The smallest absolute Gasteiger partial charge is 0.357 e. The van der Waals surface area contributed by atoms with Crippen molar-refractivity contribution < 1.29 is 28.9 Å². The fourth-order valence-electron chi connectivity index (χ4n) is 2.89. The van der Waals surface area contributed by atoms with Crippen molar-refractivity contribution in [2.75, 3.05) is 21.3 Å². The number of hydrogen-bond acceptors (Lipinski definition) is 7. The quantitative estimate of drug-likeness (QED) is 0.481. The minimum atomic E-state index is -0.821. The predicted molar refractivity (Wildman–Crippen MR) is 115 cm³/mol. The number of phenolic OH excluding ortho intramolecular Hbond substituents is 1. The van der Waals surface area contributed by atoms with Gasteiger partial charge in [-0.15, -0.1) is 0 Å². The summed E-state index contributed by atoms with van der Waals surface area (Å²) in [5.74, 6) is -1.75. The topological polar surface area (TPSA) is 99.9 Å². The lowest BCUT2D eigenvalue weighted by Gasteiger charge is -2.12. The zero-order chi connectivity index (χ0) is 22.0. The Hall–Kier alpha value is -2.85. The molecular weight excluding hydrogens is 524 g/mol. The number of benzene rings is 2. The highest BCUT2D eigenvalue weighted by atomic mass is 79.9. The van der Waals surface area contributed by atoms with Gasteiger partial charge in [0.25, 0.3) is 0 Å². The van der Waals surface area contributed by atoms with Gasteiger partial charge in [0.15, 0.2) is 17.2 Å². The number of carbonyl (C=O) groups excluding carboxylic acids is 2. The maximum atomic E-state index is 12.7. The molecular formula is C20H16Br2N2O6. The van der Waals surface area contributed by atoms with E-state index >= 15 is 0 Å². The van der Waals surface area contributed by atoms with Crippen LogP contribution >= 0.6 is 31.9 Å². The van der Waals surface area contributed by atoms with Crippen molar-refractivity contribution in [1.29, 1.82) is 0 Å². The lowest BCUT2D eigenvalue weighted by molar-refractivity contribution is 0.0549. The Bertz CT molecular complexity index is 1130. The van der Waals surface area contributed by atoms with E-state index in [9.17, 15) is 14.7 Å². The van der Waals surface area contributed by atoms with Crippen molar-refractivity contribution in [3.8, 4) is 28.4 Å². The number of methoxy groups -OCH3 is 3. The molecule has 1 heterocycles. The van der Waals surface area contributed by atoms with Crippen molar-refractivity contribution in [2.45, 2.75) is 0 Å². The summed E-state index contributed by atoms with van der Waals surface area (Å²) in [6.45, 7) is 0. The molecule has 156 valence electrons. The summed E-state index contributed by atoms with van der Waals surface area (Å²) in [6, 6.07) is 10.3. The SMILES string of the molecule is COC(=O)c1c(-c2c(O)c(OC)cc(Br)c2Br)nn(-c2ccccc2)c1C(=O)OC. The molecule has 0 bridgehead atoms. The van der Waals surface area contributed by atoms with Crippen LogP contribution in [0.25, 0.3) is 16.9 Å². The van der Waals surface area contributed by atoms with Crippen LogP contribution in [0.5, 0.6) is 11.5 Å². The number of aromatic hydroxyl groups is 1. The number of rotatable bonds is 5. The summed E-state index contributed by atoms with van der Waals surface area (Å²) in [4.78, 5) is 25.4. The van der Waals surface area contributed by atoms with Gasteiger partial charge in [0.2, 0.25) is 0 Å². The molecule has 3 rings (SSSR count). The van der Waals surface area contributed by atoms with Gasteiger partial charge in [0, 0.05) is 8.95 Å². The Morgan fingerprint density at radius 3 is 2.23 bits per heavy atom. The molecule has 0 amide bonds. The normalized spacial score (nSPS) is 10.6. The number of nitrogens with zero attached hydrogens (tertiary/aromatic N) is 2. The highest BCUT2D eigenvalue weighted by Gasteiger charge is 2.34. The van der Waals surface area contributed by atoms with Gasteiger partial charge >= 0.3 is 11.9 Å². The lowest BCUT2D eigenvalue weighted by Crippen LogP contribution is -2.15. The minimum Gasteiger partial charge on any atom is -0.504 e. The number of esters is 2. The molecule has 0 atom stereocenters. The molecule has 0 unspecified atom stereocenters. The Balaban J connectivity index is 2.48. The summed E-state index contributed by atoms with van der Waals surface area (Å²) >= 11 is 6.78. The Morgan fingerprint density at radius 2 is 1.67 bits per heavy atom. The predicted octanol–water partition coefficient (Wildman–Crippen LogP) is 4.35. The molecule has 30 heavy (non-hydrogen) atoms. The Labute approximate surface area is 188 Å². The first kappa shape index (κ1) is 21.8. The summed E-state index contributed by atoms with van der Waals surface area (Å²) in [6.07, 6.45) is 0. The van der Waals surface area contributed by atoms with Crippen molar-refractivity contribution >= 4 is 43.8 Å². The van der Waals surface area contributed by atoms with Crippen LogP contribution in [0.1, 0.15) is 20.8 Å². The van der Waals surface area contributed by atoms with Crippen molar-refractivity contribution in [3.05, 3.63) is 56.6 Å². The molecule has 0 spiro atoms. The van der Waals surface area contributed by atoms with E-state index in [1.807, 2.05) is 0 Å². The van der Waals surface area contributed by atoms with Crippen LogP contribution in [0.15, 0.2) is 45.3 Å². The lowest BCUT2D eigenvalue weighted by atomic mass is 10.0. The monoisotopic (exact) mass is 538 g/mol. The second-order valence-corrected chi connectivity index (χ2v) is 7.55. The average Bonchev–Trinajstić information content (AvgIpc) is 3.16. The zero-order valence-corrected chi connectivity index (χ0v) is 19.3. The van der Waals surface area contributed by atoms with Gasteiger partial charge < -0.3 is 19.3 Å². The molecule has 0 saturated carbocycles. The molecule has 1 aromatic heterocycles. The fourth-order valence-corrected chi connectivity index (χ4v) is 3.79. The number of hydrogen-bond donors (Lipinski definition) is 1. The molecule has 2 aromatic carbocycles. The maximum Gasteiger partial charge on any atom is 0.357 e. The fraction of sp³-hybridized carbons (Fsp3) is 0.150. The molecule has 0 aliphatic rings. The Kier molecular flexibility index (Phi) is 6.47. The summed E-state index contributed by atoms with van der Waals surface area (Å²) in [7, 11) is 3.77. The van der Waals surface area contributed by atoms with Gasteiger partial charge in [-0.1, -0.05) is 18.2 Å². The van der Waals surface area contributed by atoms with E-state index in [1.54, 1.807) is 36.4 Å². The molecule has 8 nitrogen and oxygen atoms in total. The summed E-state index contributed by atoms with van der Waals surface area (Å²) < 4.78 is 17.2. The zero-order valence-electron chi connectivity index (χ0n) is 16.1. The van der Waals surface area contributed by atoms with Gasteiger partial charge in [-0.05, 0) is 50.1 Å². The highest BCUT2D eigenvalue weighted by Crippen LogP contribution is 2.47. The number of carbonyl (C=O) groups is 2. The van der Waals surface area contributed by atoms with E-state index in [-0.39, 0.29) is 34.0 Å². The number of aromatic nitrogens is 2. The average molecular weight is 540 g/mol. The van der Waals surface area contributed by atoms with Crippen molar-refractivity contribution in [1.82, 2.24) is 9.78 Å². The first-order chi connectivity index (χ1) is 14.3. The van der Waals surface area contributed by atoms with Crippen LogP contribution in [0, 0.1) is 0 Å². The van der Waals surface area contributed by atoms with Gasteiger partial charge in [-0.3, -0.25) is 0 Å². The highest BCUT2D eigenvalue weighted by molar-refractivity contribution is 9.13. The number of para-hydroxylation sites is 1. The van der Waals surface area contributed by atoms with E-state index in [0.29, 0.717) is 14.6 Å². The van der Waals surface area contributed by atoms with Crippen LogP contribution in [0.3, 0.4) is 0 Å². The van der Waals surface area contributed by atoms with Crippen LogP contribution < -0.4 is 4.74 Å². The van der Waals surface area contributed by atoms with Crippen LogP contribution in [-0.2, 0) is 9.47 Å². The third-order valence-electron chi connectivity index (χ3n) is 4.27. The van der Waals surface area contributed by atoms with E-state index in [0.717, 1.165) is 0 Å². The minimum absolute atomic E-state index is 0.00933. The third kappa shape index (κ3) is 3.68. The van der Waals surface area contributed by atoms with E-state index in [2.05, 4.69) is 37.0 Å². The van der Waals surface area contributed by atoms with Crippen molar-refractivity contribution in [2.24, 2.45) is 0 Å². The molecule has 0 aliphatic heterocycles. The number of ether oxygens (including phenoxy) is 3. The molecule has 10 heteroatoms. The molecule has 0 fully saturated rings. The van der Waals surface area contributed by atoms with Crippen LogP contribution in [0.2, 0.25) is 0 Å². The molecule has 0 aliphatic carbocycles. The molecule has 0 saturated heterocycles. The second kappa shape index (κ2) is 8.88. The number of halogens is 2. The second-order valence-electron chi connectivity index (χ2n) is 5.90. The summed E-state index contributed by atoms with van der Waals surface area (Å²) in [5, 5.41) is 15.3. The van der Waals surface area contributed by atoms with Gasteiger partial charge in [-0.2, -0.15) is 5.10 Å². The standard InChI is InChI=1S/C20H16Br2N2O6/c1-28-12-9-11(21)15(22)13(18(12)25)16-14(19(26)29-2)17(20(27)30-3)24(23-16)10-7-5-4-6-8-10/h4-9,25H,1-3H3. The first-order valence-electron chi connectivity index (χ1n) is 8.46. The largest absolute Gasteiger partial charge is 0.504 e. The maximum absolute atomic E-state index is 12.7. The molecule has 1 N–H and O–H groups in total. The molecule has 3 aromatic rings. The summed E-state index contributed by atoms with van der Waals surface area (Å²) in [5.41, 5.74) is 0.351. The molecule has 0 radical (unpaired) electrons. The van der Waals surface area contributed by atoms with Crippen LogP contribution in [-0.4, -0.2) is 48.2 Å². The van der Waals surface area contributed by atoms with E-state index < -0.39 is 11.9 Å². The van der Waals surface area contributed by atoms with E-state index in [1.165, 1.54) is 26.0 Å². The van der Waals surface area contributed by atoms with Gasteiger partial charge in [0.1, 0.15) is 11.3 Å². The number of phenols is 1. The van der Waals surface area contributed by atoms with Gasteiger partial charge in [-0.25, -0.2) is 14.3 Å². The van der Waals surface area contributed by atoms with E-state index in [4.69, 9.17) is 14.2 Å². The third-order valence-corrected chi connectivity index (χ3v) is 6.25. The Morgan fingerprint density at radius 1 is 1.03 bits per heavy atom. The van der Waals surface area contributed by atoms with Gasteiger partial charge in [0.05, 0.1) is 32.6 Å². The van der Waals surface area contributed by atoms with Crippen LogP contribution in [0.4, 0.5) is 0 Å². The van der Waals surface area contributed by atoms with Crippen molar-refractivity contribution in [3.63, 3.8) is 0 Å².